The topological polar surface area (TPSA) is 25.2 Å². The maximum absolute atomic E-state index is 12.3. The Bertz CT molecular complexity index is 567. The summed E-state index contributed by atoms with van der Waals surface area (Å²) < 4.78 is 2.14. The number of hydrogen-bond donors (Lipinski definition) is 0. The van der Waals surface area contributed by atoms with Gasteiger partial charge in [-0.25, -0.2) is 0 Å². The predicted molar refractivity (Wildman–Crippen MR) is 68.1 cm³/mol. The second kappa shape index (κ2) is 3.91. The molecular formula is C14H16N2O. The first-order valence-electron chi connectivity index (χ1n) is 6.18. The number of likely N-dealkylation sites (tertiary alicyclic amines) is 1. The Labute approximate surface area is 101 Å². The molecule has 1 aliphatic heterocycles. The molecule has 1 saturated heterocycles. The Morgan fingerprint density at radius 1 is 1.29 bits per heavy atom. The first-order chi connectivity index (χ1) is 8.31. The van der Waals surface area contributed by atoms with E-state index >= 15 is 0 Å². The molecule has 0 unspecified atom stereocenters. The van der Waals surface area contributed by atoms with Crippen molar-refractivity contribution in [1.82, 2.24) is 9.47 Å². The highest BCUT2D eigenvalue weighted by molar-refractivity contribution is 6.07. The largest absolute Gasteiger partial charge is 0.347 e. The lowest BCUT2D eigenvalue weighted by Crippen LogP contribution is -2.41. The summed E-state index contributed by atoms with van der Waals surface area (Å²) in [5, 5.41) is 1.08. The SMILES string of the molecule is CCn1cc(C(=O)N2CCC2)c2ccccc21. The van der Waals surface area contributed by atoms with E-state index in [1.807, 2.05) is 29.3 Å². The van der Waals surface area contributed by atoms with Gasteiger partial charge in [-0.05, 0) is 19.4 Å². The molecule has 0 saturated carbocycles. The van der Waals surface area contributed by atoms with E-state index in [-0.39, 0.29) is 5.91 Å². The molecule has 1 fully saturated rings. The average Bonchev–Trinajstić information content (AvgIpc) is 2.65. The van der Waals surface area contributed by atoms with Gasteiger partial charge in [0.25, 0.3) is 5.91 Å². The molecule has 3 heteroatoms. The fourth-order valence-electron chi connectivity index (χ4n) is 2.37. The van der Waals surface area contributed by atoms with Gasteiger partial charge in [0.1, 0.15) is 0 Å². The van der Waals surface area contributed by atoms with Crippen LogP contribution in [0.4, 0.5) is 0 Å². The zero-order valence-corrected chi connectivity index (χ0v) is 10.0. The summed E-state index contributed by atoms with van der Waals surface area (Å²) in [5.74, 6) is 0.180. The summed E-state index contributed by atoms with van der Waals surface area (Å²) in [5.41, 5.74) is 2.00. The number of aryl methyl sites for hydroxylation is 1. The van der Waals surface area contributed by atoms with Gasteiger partial charge in [0, 0.05) is 36.7 Å². The summed E-state index contributed by atoms with van der Waals surface area (Å²) >= 11 is 0. The Morgan fingerprint density at radius 2 is 2.06 bits per heavy atom. The van der Waals surface area contributed by atoms with Crippen LogP contribution in [-0.4, -0.2) is 28.5 Å². The van der Waals surface area contributed by atoms with Crippen LogP contribution in [0.3, 0.4) is 0 Å². The highest BCUT2D eigenvalue weighted by atomic mass is 16.2. The maximum Gasteiger partial charge on any atom is 0.256 e. The summed E-state index contributed by atoms with van der Waals surface area (Å²) in [4.78, 5) is 14.2. The summed E-state index contributed by atoms with van der Waals surface area (Å²) in [6.45, 7) is 4.81. The molecule has 0 spiro atoms. The van der Waals surface area contributed by atoms with Gasteiger partial charge in [0.15, 0.2) is 0 Å². The molecule has 1 aliphatic rings. The molecule has 2 aromatic rings. The lowest BCUT2D eigenvalue weighted by molar-refractivity contribution is 0.0653. The molecule has 1 aromatic heterocycles. The van der Waals surface area contributed by atoms with Gasteiger partial charge >= 0.3 is 0 Å². The molecule has 0 N–H and O–H groups in total. The number of fused-ring (bicyclic) bond motifs is 1. The fourth-order valence-corrected chi connectivity index (χ4v) is 2.37. The van der Waals surface area contributed by atoms with E-state index in [2.05, 4.69) is 17.6 Å². The van der Waals surface area contributed by atoms with Gasteiger partial charge in [-0.1, -0.05) is 18.2 Å². The molecule has 0 bridgehead atoms. The lowest BCUT2D eigenvalue weighted by atomic mass is 10.1. The van der Waals surface area contributed by atoms with Crippen LogP contribution in [0, 0.1) is 0 Å². The molecule has 17 heavy (non-hydrogen) atoms. The van der Waals surface area contributed by atoms with Crippen molar-refractivity contribution >= 4 is 16.8 Å². The number of carbonyl (C=O) groups is 1. The Balaban J connectivity index is 2.12. The van der Waals surface area contributed by atoms with E-state index in [1.165, 1.54) is 0 Å². The van der Waals surface area contributed by atoms with Crippen LogP contribution in [0.25, 0.3) is 10.9 Å². The highest BCUT2D eigenvalue weighted by Crippen LogP contribution is 2.24. The van der Waals surface area contributed by atoms with E-state index in [0.29, 0.717) is 0 Å². The number of para-hydroxylation sites is 1. The molecule has 0 atom stereocenters. The van der Waals surface area contributed by atoms with Crippen molar-refractivity contribution in [3.8, 4) is 0 Å². The number of rotatable bonds is 2. The van der Waals surface area contributed by atoms with E-state index < -0.39 is 0 Å². The molecule has 3 nitrogen and oxygen atoms in total. The number of hydrogen-bond acceptors (Lipinski definition) is 1. The average molecular weight is 228 g/mol. The van der Waals surface area contributed by atoms with Crippen LogP contribution in [0.5, 0.6) is 0 Å². The van der Waals surface area contributed by atoms with Gasteiger partial charge in [0.2, 0.25) is 0 Å². The number of nitrogens with zero attached hydrogens (tertiary/aromatic N) is 2. The van der Waals surface area contributed by atoms with Crippen LogP contribution >= 0.6 is 0 Å². The van der Waals surface area contributed by atoms with Gasteiger partial charge in [0.05, 0.1) is 5.56 Å². The van der Waals surface area contributed by atoms with Crippen LogP contribution in [0.1, 0.15) is 23.7 Å². The molecule has 1 aromatic carbocycles. The van der Waals surface area contributed by atoms with Crippen molar-refractivity contribution in [2.24, 2.45) is 0 Å². The third-order valence-corrected chi connectivity index (χ3v) is 3.50. The zero-order chi connectivity index (χ0) is 11.8. The van der Waals surface area contributed by atoms with E-state index in [4.69, 9.17) is 0 Å². The molecule has 3 rings (SSSR count). The third kappa shape index (κ3) is 1.54. The molecular weight excluding hydrogens is 212 g/mol. The van der Waals surface area contributed by atoms with Gasteiger partial charge in [-0.2, -0.15) is 0 Å². The van der Waals surface area contributed by atoms with E-state index in [9.17, 15) is 4.79 Å². The molecule has 2 heterocycles. The lowest BCUT2D eigenvalue weighted by Gasteiger charge is -2.30. The number of amides is 1. The predicted octanol–water partition coefficient (Wildman–Crippen LogP) is 2.51. The van der Waals surface area contributed by atoms with Crippen molar-refractivity contribution in [2.75, 3.05) is 13.1 Å². The minimum absolute atomic E-state index is 0.180. The fraction of sp³-hybridized carbons (Fsp3) is 0.357. The number of carbonyl (C=O) groups excluding carboxylic acids is 1. The number of benzene rings is 1. The van der Waals surface area contributed by atoms with Crippen LogP contribution in [0.15, 0.2) is 30.5 Å². The quantitative estimate of drug-likeness (QED) is 0.775. The number of aromatic nitrogens is 1. The first kappa shape index (κ1) is 10.4. The Hall–Kier alpha value is -1.77. The third-order valence-electron chi connectivity index (χ3n) is 3.50. The van der Waals surface area contributed by atoms with Crippen molar-refractivity contribution in [3.63, 3.8) is 0 Å². The van der Waals surface area contributed by atoms with Gasteiger partial charge < -0.3 is 9.47 Å². The van der Waals surface area contributed by atoms with E-state index in [1.54, 1.807) is 0 Å². The first-order valence-corrected chi connectivity index (χ1v) is 6.18. The molecule has 1 amide bonds. The second-order valence-electron chi connectivity index (χ2n) is 4.49. The van der Waals surface area contributed by atoms with Crippen molar-refractivity contribution in [2.45, 2.75) is 19.9 Å². The normalized spacial score (nSPS) is 15.0. The summed E-state index contributed by atoms with van der Waals surface area (Å²) in [7, 11) is 0. The molecule has 88 valence electrons. The molecule has 0 radical (unpaired) electrons. The zero-order valence-electron chi connectivity index (χ0n) is 10.0. The van der Waals surface area contributed by atoms with Crippen LogP contribution in [-0.2, 0) is 6.54 Å². The summed E-state index contributed by atoms with van der Waals surface area (Å²) in [6, 6.07) is 8.13. The Kier molecular flexibility index (Phi) is 2.39. The monoisotopic (exact) mass is 228 g/mol. The van der Waals surface area contributed by atoms with Crippen molar-refractivity contribution in [1.29, 1.82) is 0 Å². The van der Waals surface area contributed by atoms with Crippen LogP contribution < -0.4 is 0 Å². The van der Waals surface area contributed by atoms with Gasteiger partial charge in [-0.15, -0.1) is 0 Å². The molecule has 0 aliphatic carbocycles. The maximum atomic E-state index is 12.3. The van der Waals surface area contributed by atoms with Gasteiger partial charge in [-0.3, -0.25) is 4.79 Å². The minimum atomic E-state index is 0.180. The smallest absolute Gasteiger partial charge is 0.256 e. The van der Waals surface area contributed by atoms with Crippen molar-refractivity contribution < 1.29 is 4.79 Å². The standard InChI is InChI=1S/C14H16N2O/c1-2-15-10-12(14(17)16-8-5-9-16)11-6-3-4-7-13(11)15/h3-4,6-7,10H,2,5,8-9H2,1H3. The highest BCUT2D eigenvalue weighted by Gasteiger charge is 2.24. The summed E-state index contributed by atoms with van der Waals surface area (Å²) in [6.07, 6.45) is 3.13. The van der Waals surface area contributed by atoms with Crippen molar-refractivity contribution in [3.05, 3.63) is 36.0 Å². The Morgan fingerprint density at radius 3 is 2.71 bits per heavy atom. The minimum Gasteiger partial charge on any atom is -0.347 e. The van der Waals surface area contributed by atoms with Crippen LogP contribution in [0.2, 0.25) is 0 Å². The van der Waals surface area contributed by atoms with E-state index in [0.717, 1.165) is 42.5 Å². The second-order valence-corrected chi connectivity index (χ2v) is 4.49.